The van der Waals surface area contributed by atoms with Gasteiger partial charge in [-0.25, -0.2) is 9.59 Å². The number of hydrogen-bond donors (Lipinski definition) is 2. The van der Waals surface area contributed by atoms with Crippen molar-refractivity contribution >= 4 is 45.8 Å². The maximum atomic E-state index is 12.2. The first-order chi connectivity index (χ1) is 21.3. The summed E-state index contributed by atoms with van der Waals surface area (Å²) in [5.74, 6) is 0.160. The van der Waals surface area contributed by atoms with E-state index in [9.17, 15) is 19.8 Å². The number of benzene rings is 3. The Balaban J connectivity index is 1.89. The third-order valence-corrected chi connectivity index (χ3v) is 7.26. The number of ether oxygens (including phenoxy) is 6. The van der Waals surface area contributed by atoms with E-state index in [1.807, 2.05) is 25.1 Å². The van der Waals surface area contributed by atoms with Gasteiger partial charge < -0.3 is 43.2 Å². The maximum Gasteiger partial charge on any atom is 0.512 e. The van der Waals surface area contributed by atoms with Gasteiger partial charge >= 0.3 is 12.1 Å². The van der Waals surface area contributed by atoms with Crippen LogP contribution in [0.2, 0.25) is 0 Å². The number of carboxylic acid groups (broad SMARTS) is 2. The Kier molecular flexibility index (Phi) is 8.90. The molecule has 0 atom stereocenters. The Morgan fingerprint density at radius 2 is 1.68 bits per heavy atom. The Hall–Kier alpha value is -5.24. The second-order valence-electron chi connectivity index (χ2n) is 9.45. The van der Waals surface area contributed by atoms with Gasteiger partial charge in [-0.1, -0.05) is 13.0 Å². The molecule has 0 fully saturated rings. The van der Waals surface area contributed by atoms with Crippen molar-refractivity contribution in [2.75, 3.05) is 34.5 Å². The predicted octanol–water partition coefficient (Wildman–Crippen LogP) is 5.70. The van der Waals surface area contributed by atoms with E-state index in [2.05, 4.69) is 8.75 Å². The lowest BCUT2D eigenvalue weighted by atomic mass is 10.0. The average molecular weight is 624 g/mol. The van der Waals surface area contributed by atoms with Crippen LogP contribution in [-0.4, -0.2) is 70.2 Å². The first-order valence-electron chi connectivity index (χ1n) is 13.4. The summed E-state index contributed by atoms with van der Waals surface area (Å²) in [5, 5.41) is 19.7. The molecular formula is C30H29N3O10S. The highest BCUT2D eigenvalue weighted by atomic mass is 32.1. The molecule has 5 aromatic rings. The van der Waals surface area contributed by atoms with Gasteiger partial charge in [-0.2, -0.15) is 8.75 Å². The Morgan fingerprint density at radius 3 is 2.36 bits per heavy atom. The van der Waals surface area contributed by atoms with Gasteiger partial charge in [0, 0.05) is 17.7 Å². The molecular weight excluding hydrogens is 594 g/mol. The summed E-state index contributed by atoms with van der Waals surface area (Å²) in [6.07, 6.45) is -0.866. The van der Waals surface area contributed by atoms with Crippen LogP contribution < -0.4 is 28.4 Å². The van der Waals surface area contributed by atoms with Crippen LogP contribution in [0.5, 0.6) is 34.6 Å². The number of carbonyl (C=O) groups is 2. The summed E-state index contributed by atoms with van der Waals surface area (Å²) in [6.45, 7) is 1.79. The zero-order valence-electron chi connectivity index (χ0n) is 24.3. The highest BCUT2D eigenvalue weighted by Gasteiger charge is 2.31. The number of rotatable bonds is 13. The summed E-state index contributed by atoms with van der Waals surface area (Å²) in [6, 6.07) is 12.1. The van der Waals surface area contributed by atoms with Gasteiger partial charge in [0.15, 0.2) is 18.1 Å². The van der Waals surface area contributed by atoms with Crippen molar-refractivity contribution in [1.82, 2.24) is 13.3 Å². The fraction of sp³-hybridized carbons (Fsp3) is 0.267. The minimum atomic E-state index is -1.57. The summed E-state index contributed by atoms with van der Waals surface area (Å²) in [5.41, 5.74) is 3.29. The van der Waals surface area contributed by atoms with Gasteiger partial charge in [0.1, 0.15) is 22.5 Å². The zero-order valence-corrected chi connectivity index (χ0v) is 25.1. The molecule has 0 saturated heterocycles. The molecule has 3 aromatic carbocycles. The standard InChI is InChI=1S/C30H29N3O10S/c1-5-10-41-27-23(39-3)13-21-26(28(27)40-4)25(18-8-7-17(38-2)12-22(18)42-15-24(34)35)29(43-30(36)37)33(21)14-16-6-9-19-20(11-16)32-44-31-19/h6-9,11-13H,5,10,14-15H2,1-4H3,(H,34,35)(H,36,37). The van der Waals surface area contributed by atoms with E-state index in [-0.39, 0.29) is 29.5 Å². The molecule has 0 aliphatic carbocycles. The molecule has 14 heteroatoms. The Bertz CT molecular complexity index is 1850. The molecule has 2 heterocycles. The Labute approximate surface area is 255 Å². The zero-order chi connectivity index (χ0) is 31.4. The van der Waals surface area contributed by atoms with Crippen LogP contribution in [0.25, 0.3) is 33.1 Å². The summed E-state index contributed by atoms with van der Waals surface area (Å²) in [4.78, 5) is 23.7. The topological polar surface area (TPSA) is 161 Å². The molecule has 0 amide bonds. The molecule has 5 rings (SSSR count). The highest BCUT2D eigenvalue weighted by molar-refractivity contribution is 7.00. The number of hydrogen-bond acceptors (Lipinski definition) is 11. The minimum absolute atomic E-state index is 0.0673. The minimum Gasteiger partial charge on any atom is -0.497 e. The summed E-state index contributed by atoms with van der Waals surface area (Å²) in [7, 11) is 4.42. The molecule has 2 aromatic heterocycles. The van der Waals surface area contributed by atoms with E-state index in [4.69, 9.17) is 28.4 Å². The number of methoxy groups -OCH3 is 3. The van der Waals surface area contributed by atoms with Crippen molar-refractivity contribution in [3.8, 4) is 45.8 Å². The van der Waals surface area contributed by atoms with E-state index in [1.165, 1.54) is 27.4 Å². The van der Waals surface area contributed by atoms with E-state index in [0.717, 1.165) is 22.8 Å². The first kappa shape index (κ1) is 30.2. The number of aromatic nitrogens is 3. The van der Waals surface area contributed by atoms with Gasteiger partial charge in [0.2, 0.25) is 11.6 Å². The predicted molar refractivity (Wildman–Crippen MR) is 161 cm³/mol. The van der Waals surface area contributed by atoms with Crippen molar-refractivity contribution in [1.29, 1.82) is 0 Å². The van der Waals surface area contributed by atoms with Crippen molar-refractivity contribution < 1.29 is 48.2 Å². The van der Waals surface area contributed by atoms with E-state index < -0.39 is 18.7 Å². The van der Waals surface area contributed by atoms with Crippen molar-refractivity contribution in [2.24, 2.45) is 0 Å². The van der Waals surface area contributed by atoms with Gasteiger partial charge in [0.05, 0.1) is 62.7 Å². The average Bonchev–Trinajstić information content (AvgIpc) is 3.60. The van der Waals surface area contributed by atoms with E-state index in [1.54, 1.807) is 22.8 Å². The highest BCUT2D eigenvalue weighted by Crippen LogP contribution is 2.53. The SMILES string of the molecule is CCCOc1c(OC)cc2c(c1OC)c(-c1ccc(OC)cc1OCC(=O)O)c(OC(=O)O)n2Cc1ccc2nsnc2c1. The van der Waals surface area contributed by atoms with Gasteiger partial charge in [-0.3, -0.25) is 0 Å². The lowest BCUT2D eigenvalue weighted by molar-refractivity contribution is -0.139. The molecule has 0 aliphatic rings. The number of fused-ring (bicyclic) bond motifs is 2. The lowest BCUT2D eigenvalue weighted by Crippen LogP contribution is -2.11. The monoisotopic (exact) mass is 623 g/mol. The molecule has 44 heavy (non-hydrogen) atoms. The smallest absolute Gasteiger partial charge is 0.497 e. The number of nitrogens with zero attached hydrogens (tertiary/aromatic N) is 3. The molecule has 0 aliphatic heterocycles. The summed E-state index contributed by atoms with van der Waals surface area (Å²) >= 11 is 1.09. The van der Waals surface area contributed by atoms with Crippen LogP contribution in [0.4, 0.5) is 4.79 Å². The molecule has 0 unspecified atom stereocenters. The quantitative estimate of drug-likeness (QED) is 0.154. The second-order valence-corrected chi connectivity index (χ2v) is 9.98. The van der Waals surface area contributed by atoms with Crippen LogP contribution >= 0.6 is 11.7 Å². The van der Waals surface area contributed by atoms with Crippen LogP contribution in [0.1, 0.15) is 18.9 Å². The maximum absolute atomic E-state index is 12.2. The molecule has 0 spiro atoms. The fourth-order valence-corrected chi connectivity index (χ4v) is 5.41. The van der Waals surface area contributed by atoms with Crippen LogP contribution in [0.15, 0.2) is 42.5 Å². The molecule has 0 saturated carbocycles. The molecule has 13 nitrogen and oxygen atoms in total. The largest absolute Gasteiger partial charge is 0.512 e. The van der Waals surface area contributed by atoms with Gasteiger partial charge in [-0.15, -0.1) is 0 Å². The third-order valence-electron chi connectivity index (χ3n) is 6.71. The van der Waals surface area contributed by atoms with Crippen LogP contribution in [-0.2, 0) is 11.3 Å². The van der Waals surface area contributed by atoms with E-state index in [0.29, 0.717) is 52.3 Å². The van der Waals surface area contributed by atoms with E-state index >= 15 is 0 Å². The van der Waals surface area contributed by atoms with Gasteiger partial charge in [0.25, 0.3) is 0 Å². The second kappa shape index (κ2) is 13.0. The molecule has 2 N–H and O–H groups in total. The van der Waals surface area contributed by atoms with Crippen LogP contribution in [0.3, 0.4) is 0 Å². The Morgan fingerprint density at radius 1 is 0.886 bits per heavy atom. The molecule has 230 valence electrons. The number of aliphatic carboxylic acids is 1. The van der Waals surface area contributed by atoms with Crippen LogP contribution in [0, 0.1) is 0 Å². The third kappa shape index (κ3) is 5.83. The normalized spacial score (nSPS) is 11.0. The molecule has 0 radical (unpaired) electrons. The lowest BCUT2D eigenvalue weighted by Gasteiger charge is -2.17. The van der Waals surface area contributed by atoms with Crippen molar-refractivity contribution in [3.05, 3.63) is 48.0 Å². The molecule has 0 bridgehead atoms. The van der Waals surface area contributed by atoms with Crippen molar-refractivity contribution in [2.45, 2.75) is 19.9 Å². The van der Waals surface area contributed by atoms with Gasteiger partial charge in [-0.05, 0) is 36.2 Å². The summed E-state index contributed by atoms with van der Waals surface area (Å²) < 4.78 is 44.5. The van der Waals surface area contributed by atoms with Crippen molar-refractivity contribution in [3.63, 3.8) is 0 Å². The first-order valence-corrected chi connectivity index (χ1v) is 14.1. The fourth-order valence-electron chi connectivity index (χ4n) is 4.90. The number of carboxylic acids is 1.